The minimum atomic E-state index is -0.0130. The lowest BCUT2D eigenvalue weighted by atomic mass is 10.0. The minimum Gasteiger partial charge on any atom is -0.496 e. The molecule has 3 heteroatoms. The van der Waals surface area contributed by atoms with Crippen LogP contribution in [0, 0.1) is 0 Å². The molecule has 124 valence electrons. The normalized spacial score (nSPS) is 13.4. The standard InChI is InChI=1S/C20H26O3/c1-5-17(15-11-7-9-13-19(15)21-3)23-18(6-2)16-12-8-10-14-20(16)22-4/h7-14,17-18H,5-6H2,1-4H3. The summed E-state index contributed by atoms with van der Waals surface area (Å²) in [5, 5.41) is 0. The highest BCUT2D eigenvalue weighted by Gasteiger charge is 2.22. The highest BCUT2D eigenvalue weighted by atomic mass is 16.5. The fraction of sp³-hybridized carbons (Fsp3) is 0.400. The number of ether oxygens (including phenoxy) is 3. The quantitative estimate of drug-likeness (QED) is 0.659. The number of hydrogen-bond acceptors (Lipinski definition) is 3. The summed E-state index contributed by atoms with van der Waals surface area (Å²) in [5.74, 6) is 1.74. The fourth-order valence-electron chi connectivity index (χ4n) is 2.84. The lowest BCUT2D eigenvalue weighted by molar-refractivity contribution is -0.0212. The third-order valence-corrected chi connectivity index (χ3v) is 4.04. The molecule has 2 aromatic carbocycles. The fourth-order valence-corrected chi connectivity index (χ4v) is 2.84. The molecule has 0 aliphatic rings. The van der Waals surface area contributed by atoms with Gasteiger partial charge in [-0.25, -0.2) is 0 Å². The largest absolute Gasteiger partial charge is 0.496 e. The summed E-state index contributed by atoms with van der Waals surface area (Å²) in [6.07, 6.45) is 1.74. The Bertz CT molecular complexity index is 556. The maximum Gasteiger partial charge on any atom is 0.124 e. The van der Waals surface area contributed by atoms with Crippen LogP contribution in [0.3, 0.4) is 0 Å². The van der Waals surface area contributed by atoms with Gasteiger partial charge in [-0.2, -0.15) is 0 Å². The molecule has 2 unspecified atom stereocenters. The van der Waals surface area contributed by atoms with Crippen LogP contribution in [0.2, 0.25) is 0 Å². The molecule has 23 heavy (non-hydrogen) atoms. The van der Waals surface area contributed by atoms with E-state index in [9.17, 15) is 0 Å². The third kappa shape index (κ3) is 4.05. The molecule has 0 spiro atoms. The molecule has 3 nitrogen and oxygen atoms in total. The third-order valence-electron chi connectivity index (χ3n) is 4.04. The minimum absolute atomic E-state index is 0.0130. The van der Waals surface area contributed by atoms with Crippen molar-refractivity contribution in [1.82, 2.24) is 0 Å². The van der Waals surface area contributed by atoms with Crippen LogP contribution in [-0.2, 0) is 4.74 Å². The van der Waals surface area contributed by atoms with Gasteiger partial charge in [-0.15, -0.1) is 0 Å². The van der Waals surface area contributed by atoms with E-state index in [-0.39, 0.29) is 12.2 Å². The Morgan fingerprint density at radius 2 is 1.09 bits per heavy atom. The molecule has 0 saturated carbocycles. The van der Waals surface area contributed by atoms with E-state index in [0.717, 1.165) is 35.5 Å². The van der Waals surface area contributed by atoms with Gasteiger partial charge in [-0.1, -0.05) is 50.2 Å². The van der Waals surface area contributed by atoms with Crippen molar-refractivity contribution < 1.29 is 14.2 Å². The van der Waals surface area contributed by atoms with Crippen molar-refractivity contribution in [2.75, 3.05) is 14.2 Å². The van der Waals surface area contributed by atoms with E-state index >= 15 is 0 Å². The number of rotatable bonds is 8. The van der Waals surface area contributed by atoms with Crippen molar-refractivity contribution in [2.24, 2.45) is 0 Å². The molecule has 0 saturated heterocycles. The average Bonchev–Trinajstić information content (AvgIpc) is 2.63. The number of benzene rings is 2. The Morgan fingerprint density at radius 3 is 1.43 bits per heavy atom. The predicted molar refractivity (Wildman–Crippen MR) is 93.1 cm³/mol. The van der Waals surface area contributed by atoms with Gasteiger partial charge < -0.3 is 14.2 Å². The molecule has 0 aromatic heterocycles. The van der Waals surface area contributed by atoms with Gasteiger partial charge in [0.15, 0.2) is 0 Å². The maximum absolute atomic E-state index is 6.45. The van der Waals surface area contributed by atoms with Gasteiger partial charge in [0, 0.05) is 11.1 Å². The first-order valence-electron chi connectivity index (χ1n) is 8.16. The van der Waals surface area contributed by atoms with Crippen LogP contribution >= 0.6 is 0 Å². The second-order valence-electron chi connectivity index (χ2n) is 5.41. The first-order chi connectivity index (χ1) is 11.2. The highest BCUT2D eigenvalue weighted by molar-refractivity contribution is 5.37. The molecule has 0 N–H and O–H groups in total. The van der Waals surface area contributed by atoms with Crippen molar-refractivity contribution in [1.29, 1.82) is 0 Å². The van der Waals surface area contributed by atoms with Gasteiger partial charge in [0.05, 0.1) is 26.4 Å². The molecule has 0 aliphatic heterocycles. The molecule has 0 radical (unpaired) electrons. The predicted octanol–water partition coefficient (Wildman–Crippen LogP) is 5.32. The van der Waals surface area contributed by atoms with E-state index in [0.29, 0.717) is 0 Å². The SMILES string of the molecule is CCC(OC(CC)c1ccccc1OC)c1ccccc1OC. The summed E-state index contributed by atoms with van der Waals surface area (Å²) >= 11 is 0. The summed E-state index contributed by atoms with van der Waals surface area (Å²) in [6.45, 7) is 4.26. The molecule has 0 amide bonds. The van der Waals surface area contributed by atoms with E-state index in [1.54, 1.807) is 14.2 Å². The van der Waals surface area contributed by atoms with E-state index < -0.39 is 0 Å². The highest BCUT2D eigenvalue weighted by Crippen LogP contribution is 2.37. The summed E-state index contributed by atoms with van der Waals surface area (Å²) in [6, 6.07) is 16.1. The van der Waals surface area contributed by atoms with Crippen LogP contribution in [0.1, 0.15) is 50.0 Å². The van der Waals surface area contributed by atoms with Crippen LogP contribution in [-0.4, -0.2) is 14.2 Å². The first kappa shape index (κ1) is 17.4. The van der Waals surface area contributed by atoms with Gasteiger partial charge in [0.1, 0.15) is 11.5 Å². The lowest BCUT2D eigenvalue weighted by Gasteiger charge is -2.26. The van der Waals surface area contributed by atoms with Crippen LogP contribution in [0.25, 0.3) is 0 Å². The Labute approximate surface area is 139 Å². The van der Waals surface area contributed by atoms with Crippen molar-refractivity contribution in [3.63, 3.8) is 0 Å². The molecule has 0 bridgehead atoms. The average molecular weight is 314 g/mol. The van der Waals surface area contributed by atoms with E-state index in [2.05, 4.69) is 26.0 Å². The molecule has 2 aromatic rings. The zero-order valence-corrected chi connectivity index (χ0v) is 14.4. The van der Waals surface area contributed by atoms with Crippen LogP contribution in [0.5, 0.6) is 11.5 Å². The smallest absolute Gasteiger partial charge is 0.124 e. The molecular formula is C20H26O3. The summed E-state index contributed by atoms with van der Waals surface area (Å²) in [5.41, 5.74) is 2.18. The second kappa shape index (κ2) is 8.59. The Hall–Kier alpha value is -2.00. The Morgan fingerprint density at radius 1 is 0.696 bits per heavy atom. The molecule has 0 fully saturated rings. The molecule has 2 rings (SSSR count). The summed E-state index contributed by atoms with van der Waals surface area (Å²) in [7, 11) is 3.40. The molecule has 0 heterocycles. The number of hydrogen-bond donors (Lipinski definition) is 0. The van der Waals surface area contributed by atoms with Gasteiger partial charge >= 0.3 is 0 Å². The number of methoxy groups -OCH3 is 2. The Kier molecular flexibility index (Phi) is 6.48. The second-order valence-corrected chi connectivity index (χ2v) is 5.41. The summed E-state index contributed by atoms with van der Waals surface area (Å²) < 4.78 is 17.4. The zero-order chi connectivity index (χ0) is 16.7. The van der Waals surface area contributed by atoms with Gasteiger partial charge in [-0.05, 0) is 25.0 Å². The van der Waals surface area contributed by atoms with Gasteiger partial charge in [0.2, 0.25) is 0 Å². The Balaban J connectivity index is 2.28. The van der Waals surface area contributed by atoms with Crippen molar-refractivity contribution >= 4 is 0 Å². The van der Waals surface area contributed by atoms with E-state index in [1.807, 2.05) is 36.4 Å². The van der Waals surface area contributed by atoms with Crippen molar-refractivity contribution in [3.05, 3.63) is 59.7 Å². The van der Waals surface area contributed by atoms with Crippen LogP contribution in [0.4, 0.5) is 0 Å². The maximum atomic E-state index is 6.45. The van der Waals surface area contributed by atoms with Gasteiger partial charge in [0.25, 0.3) is 0 Å². The topological polar surface area (TPSA) is 27.7 Å². The first-order valence-corrected chi connectivity index (χ1v) is 8.16. The van der Waals surface area contributed by atoms with Gasteiger partial charge in [-0.3, -0.25) is 0 Å². The molecule has 2 atom stereocenters. The van der Waals surface area contributed by atoms with Crippen molar-refractivity contribution in [3.8, 4) is 11.5 Å². The summed E-state index contributed by atoms with van der Waals surface area (Å²) in [4.78, 5) is 0. The van der Waals surface area contributed by atoms with Crippen molar-refractivity contribution in [2.45, 2.75) is 38.9 Å². The zero-order valence-electron chi connectivity index (χ0n) is 14.4. The van der Waals surface area contributed by atoms with E-state index in [1.165, 1.54) is 0 Å². The molecular weight excluding hydrogens is 288 g/mol. The van der Waals surface area contributed by atoms with Crippen LogP contribution in [0.15, 0.2) is 48.5 Å². The lowest BCUT2D eigenvalue weighted by Crippen LogP contribution is -2.11. The molecule has 0 aliphatic carbocycles. The van der Waals surface area contributed by atoms with E-state index in [4.69, 9.17) is 14.2 Å². The number of para-hydroxylation sites is 2. The monoisotopic (exact) mass is 314 g/mol. The van der Waals surface area contributed by atoms with Crippen LogP contribution < -0.4 is 9.47 Å².